The summed E-state index contributed by atoms with van der Waals surface area (Å²) in [5, 5.41) is 4.32. The van der Waals surface area contributed by atoms with Gasteiger partial charge in [0.2, 0.25) is 0 Å². The van der Waals surface area contributed by atoms with Crippen molar-refractivity contribution in [3.05, 3.63) is 28.0 Å². The summed E-state index contributed by atoms with van der Waals surface area (Å²) in [5.74, 6) is 7.81. The topological polar surface area (TPSA) is 88.8 Å². The van der Waals surface area contributed by atoms with Crippen LogP contribution in [-0.4, -0.2) is 15.0 Å². The Labute approximate surface area is 122 Å². The number of nitrogens with zero attached hydrogens (tertiary/aromatic N) is 3. The maximum absolute atomic E-state index is 5.44. The van der Waals surface area contributed by atoms with Crippen molar-refractivity contribution in [2.75, 3.05) is 10.7 Å². The fraction of sp³-hybridized carbons (Fsp3) is 0.462. The highest BCUT2D eigenvalue weighted by Gasteiger charge is 2.08. The highest BCUT2D eigenvalue weighted by Crippen LogP contribution is 2.18. The lowest BCUT2D eigenvalue weighted by Gasteiger charge is -2.10. The lowest BCUT2D eigenvalue weighted by molar-refractivity contribution is 0.775. The lowest BCUT2D eigenvalue weighted by atomic mass is 10.2. The minimum absolute atomic E-state index is 0.246. The first-order valence-electron chi connectivity index (χ1n) is 6.65. The number of hydrogen-bond donors (Lipinski definition) is 3. The Kier molecular flexibility index (Phi) is 4.86. The van der Waals surface area contributed by atoms with Crippen LogP contribution in [-0.2, 0) is 13.0 Å². The second-order valence-electron chi connectivity index (χ2n) is 4.72. The van der Waals surface area contributed by atoms with Crippen LogP contribution in [0, 0.1) is 0 Å². The van der Waals surface area contributed by atoms with E-state index in [0.717, 1.165) is 23.1 Å². The summed E-state index contributed by atoms with van der Waals surface area (Å²) >= 11 is 1.72. The molecule has 0 aliphatic heterocycles. The van der Waals surface area contributed by atoms with Crippen molar-refractivity contribution in [1.29, 1.82) is 0 Å². The van der Waals surface area contributed by atoms with E-state index in [4.69, 9.17) is 5.84 Å². The molecule has 6 nitrogen and oxygen atoms in total. The molecule has 0 saturated heterocycles. The van der Waals surface area contributed by atoms with E-state index in [1.54, 1.807) is 17.4 Å². The molecule has 0 aliphatic rings. The first kappa shape index (κ1) is 14.7. The summed E-state index contributed by atoms with van der Waals surface area (Å²) in [7, 11) is 0. The molecule has 2 aromatic rings. The Bertz CT molecular complexity index is 566. The Morgan fingerprint density at radius 2 is 2.05 bits per heavy atom. The molecule has 0 spiro atoms. The molecule has 0 aromatic carbocycles. The maximum atomic E-state index is 5.44. The first-order valence-corrected chi connectivity index (χ1v) is 7.47. The fourth-order valence-corrected chi connectivity index (χ4v) is 2.45. The van der Waals surface area contributed by atoms with Gasteiger partial charge >= 0.3 is 0 Å². The van der Waals surface area contributed by atoms with Gasteiger partial charge in [-0.15, -0.1) is 11.3 Å². The molecule has 108 valence electrons. The Morgan fingerprint density at radius 3 is 2.65 bits per heavy atom. The van der Waals surface area contributed by atoms with Gasteiger partial charge < -0.3 is 10.7 Å². The monoisotopic (exact) mass is 292 g/mol. The summed E-state index contributed by atoms with van der Waals surface area (Å²) in [4.78, 5) is 14.5. The zero-order chi connectivity index (χ0) is 14.5. The number of anilines is 2. The number of rotatable bonds is 6. The Hall–Kier alpha value is -1.73. The zero-order valence-electron chi connectivity index (χ0n) is 12.0. The van der Waals surface area contributed by atoms with Crippen LogP contribution in [0.2, 0.25) is 0 Å². The molecule has 0 fully saturated rings. The van der Waals surface area contributed by atoms with E-state index in [9.17, 15) is 0 Å². The van der Waals surface area contributed by atoms with Gasteiger partial charge in [0.25, 0.3) is 0 Å². The molecule has 20 heavy (non-hydrogen) atoms. The summed E-state index contributed by atoms with van der Waals surface area (Å²) in [6, 6.07) is 1.79. The number of nitrogens with two attached hydrogens (primary N) is 1. The lowest BCUT2D eigenvalue weighted by Crippen LogP contribution is -2.12. The Morgan fingerprint density at radius 1 is 1.30 bits per heavy atom. The van der Waals surface area contributed by atoms with Gasteiger partial charge in [0.05, 0.1) is 6.54 Å². The number of nitrogens with one attached hydrogen (secondary N) is 2. The number of aryl methyl sites for hydroxylation is 1. The molecule has 7 heteroatoms. The van der Waals surface area contributed by atoms with E-state index in [0.29, 0.717) is 12.4 Å². The van der Waals surface area contributed by atoms with Crippen molar-refractivity contribution in [3.8, 4) is 0 Å². The van der Waals surface area contributed by atoms with Crippen LogP contribution in [0.3, 0.4) is 0 Å². The normalized spacial score (nSPS) is 10.8. The SMILES string of the molecule is CCc1cnc(CNc2cc(NN)nc(C(C)C)n2)s1. The molecule has 0 amide bonds. The van der Waals surface area contributed by atoms with Crippen molar-refractivity contribution >= 4 is 23.0 Å². The van der Waals surface area contributed by atoms with Crippen molar-refractivity contribution < 1.29 is 0 Å². The third-order valence-electron chi connectivity index (χ3n) is 2.78. The average molecular weight is 292 g/mol. The van der Waals surface area contributed by atoms with Crippen LogP contribution in [0.1, 0.15) is 42.4 Å². The standard InChI is InChI=1S/C13H20N6S/c1-4-9-6-16-12(20-9)7-15-10-5-11(19-14)18-13(17-10)8(2)3/h5-6,8H,4,7,14H2,1-3H3,(H2,15,17,18,19). The largest absolute Gasteiger partial charge is 0.363 e. The van der Waals surface area contributed by atoms with E-state index in [1.807, 2.05) is 20.0 Å². The summed E-state index contributed by atoms with van der Waals surface area (Å²) < 4.78 is 0. The van der Waals surface area contributed by atoms with Crippen LogP contribution in [0.5, 0.6) is 0 Å². The van der Waals surface area contributed by atoms with Crippen molar-refractivity contribution in [2.24, 2.45) is 5.84 Å². The molecule has 0 aliphatic carbocycles. The molecule has 0 unspecified atom stereocenters. The molecule has 4 N–H and O–H groups in total. The minimum Gasteiger partial charge on any atom is -0.363 e. The number of hydrazine groups is 1. The zero-order valence-corrected chi connectivity index (χ0v) is 12.8. The number of nitrogen functional groups attached to an aromatic ring is 1. The maximum Gasteiger partial charge on any atom is 0.145 e. The fourth-order valence-electron chi connectivity index (χ4n) is 1.65. The van der Waals surface area contributed by atoms with E-state index in [1.165, 1.54) is 4.88 Å². The van der Waals surface area contributed by atoms with Gasteiger partial charge in [-0.05, 0) is 6.42 Å². The highest BCUT2D eigenvalue weighted by atomic mass is 32.1. The summed E-state index contributed by atoms with van der Waals surface area (Å²) in [6.07, 6.45) is 2.94. The molecule has 2 rings (SSSR count). The molecule has 2 aromatic heterocycles. The molecule has 0 saturated carbocycles. The third-order valence-corrected chi connectivity index (χ3v) is 3.92. The summed E-state index contributed by atoms with van der Waals surface area (Å²) in [5.41, 5.74) is 2.57. The minimum atomic E-state index is 0.246. The number of aromatic nitrogens is 3. The molecule has 2 heterocycles. The molecule has 0 bridgehead atoms. The van der Waals surface area contributed by atoms with Gasteiger partial charge in [0.15, 0.2) is 0 Å². The smallest absolute Gasteiger partial charge is 0.145 e. The summed E-state index contributed by atoms with van der Waals surface area (Å²) in [6.45, 7) is 6.88. The molecule has 0 atom stereocenters. The van der Waals surface area contributed by atoms with Crippen molar-refractivity contribution in [3.63, 3.8) is 0 Å². The van der Waals surface area contributed by atoms with E-state index >= 15 is 0 Å². The van der Waals surface area contributed by atoms with E-state index < -0.39 is 0 Å². The van der Waals surface area contributed by atoms with Crippen LogP contribution in [0.25, 0.3) is 0 Å². The van der Waals surface area contributed by atoms with Crippen LogP contribution >= 0.6 is 11.3 Å². The predicted molar refractivity (Wildman–Crippen MR) is 82.7 cm³/mol. The second-order valence-corrected chi connectivity index (χ2v) is 5.92. The first-order chi connectivity index (χ1) is 9.62. The van der Waals surface area contributed by atoms with Crippen LogP contribution in [0.4, 0.5) is 11.6 Å². The second kappa shape index (κ2) is 6.62. The number of hydrogen-bond acceptors (Lipinski definition) is 7. The number of thiazole rings is 1. The molecule has 0 radical (unpaired) electrons. The van der Waals surface area contributed by atoms with Gasteiger partial charge in [0, 0.05) is 23.1 Å². The third kappa shape index (κ3) is 3.64. The van der Waals surface area contributed by atoms with Gasteiger partial charge in [-0.1, -0.05) is 20.8 Å². The van der Waals surface area contributed by atoms with Gasteiger partial charge in [-0.25, -0.2) is 20.8 Å². The van der Waals surface area contributed by atoms with E-state index in [2.05, 4.69) is 32.6 Å². The van der Waals surface area contributed by atoms with Gasteiger partial charge in [-0.2, -0.15) is 0 Å². The average Bonchev–Trinajstić information content (AvgIpc) is 2.92. The van der Waals surface area contributed by atoms with Crippen LogP contribution in [0.15, 0.2) is 12.3 Å². The van der Waals surface area contributed by atoms with E-state index in [-0.39, 0.29) is 5.92 Å². The highest BCUT2D eigenvalue weighted by molar-refractivity contribution is 7.11. The van der Waals surface area contributed by atoms with Gasteiger partial charge in [-0.3, -0.25) is 0 Å². The Balaban J connectivity index is 2.10. The predicted octanol–water partition coefficient (Wildman–Crippen LogP) is 2.52. The van der Waals surface area contributed by atoms with Crippen LogP contribution < -0.4 is 16.6 Å². The van der Waals surface area contributed by atoms with Gasteiger partial charge in [0.1, 0.15) is 22.5 Å². The quantitative estimate of drug-likeness (QED) is 0.560. The molecular weight excluding hydrogens is 272 g/mol. The van der Waals surface area contributed by atoms with Crippen molar-refractivity contribution in [1.82, 2.24) is 15.0 Å². The molecular formula is C13H20N6S. The van der Waals surface area contributed by atoms with Crippen molar-refractivity contribution in [2.45, 2.75) is 39.7 Å².